The lowest BCUT2D eigenvalue weighted by atomic mass is 9.93. The Bertz CT molecular complexity index is 732. The average Bonchev–Trinajstić information content (AvgIpc) is 3.00. The number of aromatic nitrogens is 1. The summed E-state index contributed by atoms with van der Waals surface area (Å²) < 4.78 is 0. The molecule has 1 aromatic carbocycles. The minimum atomic E-state index is -0.969. The van der Waals surface area contributed by atoms with Gasteiger partial charge in [-0.15, -0.1) is 11.3 Å². The number of nitrogens with zero attached hydrogens (tertiary/aromatic N) is 1. The van der Waals surface area contributed by atoms with Crippen LogP contribution in [-0.2, 0) is 23.2 Å². The molecule has 0 atom stereocenters. The number of nitrogens with one attached hydrogen (secondary N) is 1. The van der Waals surface area contributed by atoms with Gasteiger partial charge in [-0.25, -0.2) is 9.78 Å². The van der Waals surface area contributed by atoms with Crippen molar-refractivity contribution in [2.45, 2.75) is 45.6 Å². The summed E-state index contributed by atoms with van der Waals surface area (Å²) in [6.07, 6.45) is 0.654. The first-order valence-corrected chi connectivity index (χ1v) is 8.68. The summed E-state index contributed by atoms with van der Waals surface area (Å²) in [5.41, 5.74) is 1.94. The quantitative estimate of drug-likeness (QED) is 0.840. The van der Waals surface area contributed by atoms with Gasteiger partial charge in [0.2, 0.25) is 5.91 Å². The third-order valence-electron chi connectivity index (χ3n) is 3.63. The number of aromatic carboxylic acids is 1. The minimum Gasteiger partial charge on any atom is -0.478 e. The first kappa shape index (κ1) is 18.1. The highest BCUT2D eigenvalue weighted by Gasteiger charge is 2.17. The van der Waals surface area contributed by atoms with E-state index in [-0.39, 0.29) is 23.3 Å². The Kier molecular flexibility index (Phi) is 5.72. The zero-order valence-electron chi connectivity index (χ0n) is 14.1. The molecule has 0 saturated heterocycles. The summed E-state index contributed by atoms with van der Waals surface area (Å²) in [7, 11) is 0. The van der Waals surface area contributed by atoms with E-state index in [0.29, 0.717) is 18.5 Å². The third kappa shape index (κ3) is 4.89. The van der Waals surface area contributed by atoms with Crippen LogP contribution in [0.4, 0.5) is 0 Å². The smallest absolute Gasteiger partial charge is 0.335 e. The van der Waals surface area contributed by atoms with E-state index in [4.69, 9.17) is 5.11 Å². The van der Waals surface area contributed by atoms with Crippen LogP contribution in [0.5, 0.6) is 0 Å². The second-order valence-corrected chi connectivity index (χ2v) is 7.56. The van der Waals surface area contributed by atoms with Gasteiger partial charge in [0, 0.05) is 17.2 Å². The summed E-state index contributed by atoms with van der Waals surface area (Å²) in [4.78, 5) is 27.7. The van der Waals surface area contributed by atoms with E-state index in [9.17, 15) is 9.59 Å². The van der Waals surface area contributed by atoms with Crippen molar-refractivity contribution in [2.24, 2.45) is 0 Å². The third-order valence-corrected chi connectivity index (χ3v) is 4.47. The molecule has 24 heavy (non-hydrogen) atoms. The number of benzene rings is 1. The molecule has 0 aliphatic heterocycles. The fraction of sp³-hybridized carbons (Fsp3) is 0.389. The Morgan fingerprint density at radius 1 is 1.25 bits per heavy atom. The van der Waals surface area contributed by atoms with Gasteiger partial charge in [0.05, 0.1) is 17.8 Å². The number of carbonyl (C=O) groups is 2. The minimum absolute atomic E-state index is 0.000693. The molecule has 0 spiro atoms. The molecule has 6 heteroatoms. The van der Waals surface area contributed by atoms with E-state index < -0.39 is 5.97 Å². The van der Waals surface area contributed by atoms with Gasteiger partial charge in [-0.3, -0.25) is 4.79 Å². The summed E-state index contributed by atoms with van der Waals surface area (Å²) in [6.45, 7) is 6.71. The molecule has 1 heterocycles. The van der Waals surface area contributed by atoms with Crippen molar-refractivity contribution >= 4 is 23.2 Å². The van der Waals surface area contributed by atoms with Crippen molar-refractivity contribution in [3.8, 4) is 0 Å². The van der Waals surface area contributed by atoms with E-state index in [1.807, 2.05) is 5.38 Å². The molecule has 0 fully saturated rings. The Morgan fingerprint density at radius 2 is 1.96 bits per heavy atom. The molecule has 0 saturated carbocycles. The van der Waals surface area contributed by atoms with E-state index in [1.165, 1.54) is 11.3 Å². The van der Waals surface area contributed by atoms with Gasteiger partial charge in [0.1, 0.15) is 5.01 Å². The molecule has 2 rings (SSSR count). The first-order chi connectivity index (χ1) is 11.3. The van der Waals surface area contributed by atoms with Crippen molar-refractivity contribution in [3.05, 3.63) is 51.5 Å². The normalized spacial score (nSPS) is 11.3. The van der Waals surface area contributed by atoms with Crippen LogP contribution in [0.25, 0.3) is 0 Å². The molecule has 0 radical (unpaired) electrons. The Labute approximate surface area is 145 Å². The van der Waals surface area contributed by atoms with Crippen LogP contribution in [0.2, 0.25) is 0 Å². The van der Waals surface area contributed by atoms with Gasteiger partial charge >= 0.3 is 5.97 Å². The highest BCUT2D eigenvalue weighted by atomic mass is 32.1. The molecule has 128 valence electrons. The maximum absolute atomic E-state index is 12.0. The summed E-state index contributed by atoms with van der Waals surface area (Å²) in [6, 6.07) is 6.76. The van der Waals surface area contributed by atoms with E-state index >= 15 is 0 Å². The molecule has 2 aromatic rings. The van der Waals surface area contributed by atoms with Crippen LogP contribution in [-0.4, -0.2) is 22.0 Å². The van der Waals surface area contributed by atoms with Crippen molar-refractivity contribution in [3.63, 3.8) is 0 Å². The zero-order valence-corrected chi connectivity index (χ0v) is 14.9. The zero-order chi connectivity index (χ0) is 17.7. The lowest BCUT2D eigenvalue weighted by Gasteiger charge is -2.14. The lowest BCUT2D eigenvalue weighted by Crippen LogP contribution is -2.23. The topological polar surface area (TPSA) is 79.3 Å². The highest BCUT2D eigenvalue weighted by Crippen LogP contribution is 2.23. The summed E-state index contributed by atoms with van der Waals surface area (Å²) in [5, 5.41) is 14.9. The van der Waals surface area contributed by atoms with Crippen molar-refractivity contribution < 1.29 is 14.7 Å². The van der Waals surface area contributed by atoms with Crippen LogP contribution < -0.4 is 5.32 Å². The van der Waals surface area contributed by atoms with Crippen LogP contribution in [0.1, 0.15) is 53.8 Å². The fourth-order valence-corrected chi connectivity index (χ4v) is 3.15. The van der Waals surface area contributed by atoms with Gasteiger partial charge in [0.15, 0.2) is 0 Å². The molecule has 2 N–H and O–H groups in total. The van der Waals surface area contributed by atoms with Crippen molar-refractivity contribution in [1.29, 1.82) is 0 Å². The molecule has 5 nitrogen and oxygen atoms in total. The monoisotopic (exact) mass is 346 g/mol. The molecule has 0 aliphatic rings. The number of thiazole rings is 1. The number of amides is 1. The van der Waals surface area contributed by atoms with Crippen molar-refractivity contribution in [2.75, 3.05) is 0 Å². The molecule has 0 unspecified atom stereocenters. The molecular formula is C18H22N2O3S. The number of hydrogen-bond acceptors (Lipinski definition) is 4. The largest absolute Gasteiger partial charge is 0.478 e. The fourth-order valence-electron chi connectivity index (χ4n) is 2.19. The average molecular weight is 346 g/mol. The second kappa shape index (κ2) is 7.57. The molecule has 0 aliphatic carbocycles. The van der Waals surface area contributed by atoms with Crippen LogP contribution >= 0.6 is 11.3 Å². The standard InChI is InChI=1S/C18H22N2O3S/c1-18(2,3)14-11-24-16(20-14)10-19-15(21)9-8-12-6-4-5-7-13(12)17(22)23/h4-7,11H,8-10H2,1-3H3,(H,19,21)(H,22,23). The maximum atomic E-state index is 12.0. The SMILES string of the molecule is CC(C)(C)c1csc(CNC(=O)CCc2ccccc2C(=O)O)n1. The molecule has 1 amide bonds. The Morgan fingerprint density at radius 3 is 2.58 bits per heavy atom. The maximum Gasteiger partial charge on any atom is 0.335 e. The van der Waals surface area contributed by atoms with Gasteiger partial charge in [-0.05, 0) is 18.1 Å². The van der Waals surface area contributed by atoms with Gasteiger partial charge < -0.3 is 10.4 Å². The van der Waals surface area contributed by atoms with Gasteiger partial charge in [-0.2, -0.15) is 0 Å². The van der Waals surface area contributed by atoms with E-state index in [1.54, 1.807) is 24.3 Å². The lowest BCUT2D eigenvalue weighted by molar-refractivity contribution is -0.121. The number of hydrogen-bond donors (Lipinski definition) is 2. The number of rotatable bonds is 6. The van der Waals surface area contributed by atoms with E-state index in [0.717, 1.165) is 10.7 Å². The second-order valence-electron chi connectivity index (χ2n) is 6.62. The molecular weight excluding hydrogens is 324 g/mol. The number of carboxylic acid groups (broad SMARTS) is 1. The van der Waals surface area contributed by atoms with Crippen LogP contribution in [0.15, 0.2) is 29.6 Å². The first-order valence-electron chi connectivity index (χ1n) is 7.80. The van der Waals surface area contributed by atoms with Crippen LogP contribution in [0, 0.1) is 0 Å². The van der Waals surface area contributed by atoms with Gasteiger partial charge in [-0.1, -0.05) is 39.0 Å². The highest BCUT2D eigenvalue weighted by molar-refractivity contribution is 7.09. The number of aryl methyl sites for hydroxylation is 1. The Balaban J connectivity index is 1.86. The molecule has 0 bridgehead atoms. The van der Waals surface area contributed by atoms with E-state index in [2.05, 4.69) is 31.1 Å². The van der Waals surface area contributed by atoms with Crippen molar-refractivity contribution in [1.82, 2.24) is 10.3 Å². The number of carboxylic acids is 1. The predicted octanol–water partition coefficient (Wildman–Crippen LogP) is 3.39. The summed E-state index contributed by atoms with van der Waals surface area (Å²) in [5.74, 6) is -1.08. The number of carbonyl (C=O) groups excluding carboxylic acids is 1. The predicted molar refractivity (Wildman–Crippen MR) is 94.4 cm³/mol. The molecule has 1 aromatic heterocycles. The summed E-state index contributed by atoms with van der Waals surface area (Å²) >= 11 is 1.54. The van der Waals surface area contributed by atoms with Crippen LogP contribution in [0.3, 0.4) is 0 Å². The Hall–Kier alpha value is -2.21. The van der Waals surface area contributed by atoms with Gasteiger partial charge in [0.25, 0.3) is 0 Å².